The maximum Gasteiger partial charge on any atom is 0.417 e. The van der Waals surface area contributed by atoms with Crippen molar-refractivity contribution >= 4 is 11.5 Å². The van der Waals surface area contributed by atoms with Gasteiger partial charge < -0.3 is 4.90 Å². The minimum Gasteiger partial charge on any atom is -0.338 e. The van der Waals surface area contributed by atoms with Crippen molar-refractivity contribution in [2.24, 2.45) is 0 Å². The second-order valence-corrected chi connectivity index (χ2v) is 6.39. The highest BCUT2D eigenvalue weighted by molar-refractivity contribution is 5.96. The summed E-state index contributed by atoms with van der Waals surface area (Å²) >= 11 is 0. The summed E-state index contributed by atoms with van der Waals surface area (Å²) in [5.41, 5.74) is -0.851. The van der Waals surface area contributed by atoms with E-state index in [-0.39, 0.29) is 11.6 Å². The van der Waals surface area contributed by atoms with Gasteiger partial charge in [-0.1, -0.05) is 30.3 Å². The minimum absolute atomic E-state index is 0.0238. The molecule has 6 heteroatoms. The molecule has 24 heavy (non-hydrogen) atoms. The van der Waals surface area contributed by atoms with Crippen LogP contribution in [-0.2, 0) is 4.79 Å². The van der Waals surface area contributed by atoms with Crippen LogP contribution in [0.15, 0.2) is 36.4 Å². The first-order valence-corrected chi connectivity index (χ1v) is 8.32. The van der Waals surface area contributed by atoms with Crippen molar-refractivity contribution < 1.29 is 18.0 Å². The molecule has 2 saturated heterocycles. The minimum atomic E-state index is -4.55. The molecule has 3 nitrogen and oxygen atoms in total. The monoisotopic (exact) mass is 338 g/mol. The molecule has 1 amide bonds. The predicted molar refractivity (Wildman–Crippen MR) is 86.3 cm³/mol. The molecule has 1 unspecified atom stereocenters. The SMILES string of the molecule is O=C(C=C(c1ccccc1)C(F)(F)F)N1CCCN2CCCC2C1. The Morgan fingerprint density at radius 2 is 1.79 bits per heavy atom. The number of fused-ring (bicyclic) bond motifs is 1. The molecule has 1 atom stereocenters. The van der Waals surface area contributed by atoms with E-state index in [1.165, 1.54) is 12.1 Å². The van der Waals surface area contributed by atoms with E-state index in [1.807, 2.05) is 0 Å². The van der Waals surface area contributed by atoms with Crippen LogP contribution in [0, 0.1) is 0 Å². The molecule has 2 heterocycles. The molecule has 2 aliphatic rings. The van der Waals surface area contributed by atoms with Gasteiger partial charge in [-0.2, -0.15) is 13.2 Å². The van der Waals surface area contributed by atoms with Crippen molar-refractivity contribution in [3.8, 4) is 0 Å². The van der Waals surface area contributed by atoms with Crippen molar-refractivity contribution in [3.05, 3.63) is 42.0 Å². The van der Waals surface area contributed by atoms with Crippen LogP contribution in [0.3, 0.4) is 0 Å². The predicted octanol–water partition coefficient (Wildman–Crippen LogP) is 3.33. The van der Waals surface area contributed by atoms with Gasteiger partial charge in [-0.05, 0) is 31.4 Å². The Bertz CT molecular complexity index is 612. The largest absolute Gasteiger partial charge is 0.417 e. The van der Waals surface area contributed by atoms with Crippen LogP contribution in [0.5, 0.6) is 0 Å². The summed E-state index contributed by atoms with van der Waals surface area (Å²) in [5, 5.41) is 0. The smallest absolute Gasteiger partial charge is 0.338 e. The second-order valence-electron chi connectivity index (χ2n) is 6.39. The number of halogens is 3. The number of amides is 1. The van der Waals surface area contributed by atoms with E-state index in [0.29, 0.717) is 13.1 Å². The average molecular weight is 338 g/mol. The van der Waals surface area contributed by atoms with Crippen LogP contribution < -0.4 is 0 Å². The molecule has 130 valence electrons. The number of rotatable bonds is 2. The summed E-state index contributed by atoms with van der Waals surface area (Å²) in [4.78, 5) is 16.4. The van der Waals surface area contributed by atoms with Crippen LogP contribution in [0.1, 0.15) is 24.8 Å². The summed E-state index contributed by atoms with van der Waals surface area (Å²) in [5.74, 6) is -0.542. The summed E-state index contributed by atoms with van der Waals surface area (Å²) in [6.07, 6.45) is -0.871. The summed E-state index contributed by atoms with van der Waals surface area (Å²) in [6, 6.07) is 7.80. The normalized spacial score (nSPS) is 23.0. The van der Waals surface area contributed by atoms with Gasteiger partial charge in [-0.3, -0.25) is 9.69 Å². The molecule has 0 aromatic heterocycles. The first-order valence-electron chi connectivity index (χ1n) is 8.32. The van der Waals surface area contributed by atoms with Gasteiger partial charge in [0.25, 0.3) is 0 Å². The van der Waals surface area contributed by atoms with Crippen LogP contribution in [0.4, 0.5) is 13.2 Å². The van der Waals surface area contributed by atoms with Gasteiger partial charge in [0.05, 0.1) is 5.57 Å². The van der Waals surface area contributed by atoms with Crippen molar-refractivity contribution in [2.75, 3.05) is 26.2 Å². The quantitative estimate of drug-likeness (QED) is 0.772. The third-order valence-electron chi connectivity index (χ3n) is 4.77. The molecule has 0 saturated carbocycles. The molecule has 2 fully saturated rings. The fourth-order valence-electron chi connectivity index (χ4n) is 3.57. The maximum absolute atomic E-state index is 13.4. The molecule has 3 rings (SSSR count). The highest BCUT2D eigenvalue weighted by Gasteiger charge is 2.36. The molecule has 1 aromatic carbocycles. The topological polar surface area (TPSA) is 23.6 Å². The van der Waals surface area contributed by atoms with Crippen molar-refractivity contribution in [2.45, 2.75) is 31.5 Å². The average Bonchev–Trinajstić information content (AvgIpc) is 2.89. The Kier molecular flexibility index (Phi) is 4.94. The van der Waals surface area contributed by atoms with Gasteiger partial charge in [0.2, 0.25) is 5.91 Å². The Hall–Kier alpha value is -1.82. The van der Waals surface area contributed by atoms with Gasteiger partial charge in [-0.25, -0.2) is 0 Å². The molecule has 0 radical (unpaired) electrons. The summed E-state index contributed by atoms with van der Waals surface area (Å²) in [7, 11) is 0. The number of hydrogen-bond acceptors (Lipinski definition) is 2. The molecule has 0 bridgehead atoms. The lowest BCUT2D eigenvalue weighted by atomic mass is 10.0. The third-order valence-corrected chi connectivity index (χ3v) is 4.77. The number of benzene rings is 1. The van der Waals surface area contributed by atoms with Gasteiger partial charge >= 0.3 is 6.18 Å². The highest BCUT2D eigenvalue weighted by atomic mass is 19.4. The summed E-state index contributed by atoms with van der Waals surface area (Å²) < 4.78 is 40.1. The van der Waals surface area contributed by atoms with Gasteiger partial charge in [0, 0.05) is 31.8 Å². The fraction of sp³-hybridized carbons (Fsp3) is 0.500. The second kappa shape index (κ2) is 6.97. The molecule has 2 aliphatic heterocycles. The van der Waals surface area contributed by atoms with Crippen LogP contribution >= 0.6 is 0 Å². The molecular weight excluding hydrogens is 317 g/mol. The number of alkyl halides is 3. The lowest BCUT2D eigenvalue weighted by Gasteiger charge is -2.25. The Morgan fingerprint density at radius 1 is 1.08 bits per heavy atom. The van der Waals surface area contributed by atoms with Crippen LogP contribution in [0.2, 0.25) is 0 Å². The molecular formula is C18H21F3N2O. The van der Waals surface area contributed by atoms with E-state index in [9.17, 15) is 18.0 Å². The zero-order valence-electron chi connectivity index (χ0n) is 13.4. The van der Waals surface area contributed by atoms with Crippen molar-refractivity contribution in [3.63, 3.8) is 0 Å². The van der Waals surface area contributed by atoms with E-state index in [2.05, 4.69) is 4.90 Å². The zero-order valence-corrected chi connectivity index (χ0v) is 13.4. The molecule has 0 spiro atoms. The van der Waals surface area contributed by atoms with E-state index < -0.39 is 17.7 Å². The zero-order chi connectivity index (χ0) is 17.2. The number of nitrogens with zero attached hydrogens (tertiary/aromatic N) is 2. The number of allylic oxidation sites excluding steroid dienone is 1. The van der Waals surface area contributed by atoms with E-state index >= 15 is 0 Å². The summed E-state index contributed by atoms with van der Waals surface area (Å²) in [6.45, 7) is 2.99. The first-order chi connectivity index (χ1) is 11.4. The van der Waals surface area contributed by atoms with Crippen molar-refractivity contribution in [1.29, 1.82) is 0 Å². The first kappa shape index (κ1) is 17.0. The molecule has 0 N–H and O–H groups in total. The lowest BCUT2D eigenvalue weighted by molar-refractivity contribution is -0.126. The lowest BCUT2D eigenvalue weighted by Crippen LogP contribution is -2.39. The van der Waals surface area contributed by atoms with E-state index in [1.54, 1.807) is 23.1 Å². The van der Waals surface area contributed by atoms with E-state index in [0.717, 1.165) is 38.4 Å². The fourth-order valence-corrected chi connectivity index (χ4v) is 3.57. The van der Waals surface area contributed by atoms with Gasteiger partial charge in [0.15, 0.2) is 0 Å². The Labute approximate surface area is 139 Å². The van der Waals surface area contributed by atoms with Crippen LogP contribution in [-0.4, -0.2) is 54.1 Å². The standard InChI is InChI=1S/C18H21F3N2O/c19-18(20,21)16(14-6-2-1-3-7-14)12-17(24)23-11-5-10-22-9-4-8-15(22)13-23/h1-3,6-7,12,15H,4-5,8-11,13H2. The number of carbonyl (C=O) groups excluding carboxylic acids is 1. The Balaban J connectivity index is 1.82. The molecule has 1 aromatic rings. The van der Waals surface area contributed by atoms with Crippen molar-refractivity contribution in [1.82, 2.24) is 9.80 Å². The highest BCUT2D eigenvalue weighted by Crippen LogP contribution is 2.34. The van der Waals surface area contributed by atoms with E-state index in [4.69, 9.17) is 0 Å². The third kappa shape index (κ3) is 3.80. The van der Waals surface area contributed by atoms with Gasteiger partial charge in [0.1, 0.15) is 0 Å². The number of carbonyl (C=O) groups is 1. The maximum atomic E-state index is 13.4. The van der Waals surface area contributed by atoms with Crippen LogP contribution in [0.25, 0.3) is 5.57 Å². The molecule has 0 aliphatic carbocycles. The number of hydrogen-bond donors (Lipinski definition) is 0. The van der Waals surface area contributed by atoms with Gasteiger partial charge in [-0.15, -0.1) is 0 Å². The Morgan fingerprint density at radius 3 is 2.50 bits per heavy atom.